The van der Waals surface area contributed by atoms with Crippen molar-refractivity contribution in [1.29, 1.82) is 0 Å². The van der Waals surface area contributed by atoms with Crippen LogP contribution in [-0.2, 0) is 14.3 Å². The van der Waals surface area contributed by atoms with E-state index in [-0.39, 0.29) is 19.1 Å². The van der Waals surface area contributed by atoms with Crippen LogP contribution in [0.2, 0.25) is 0 Å². The predicted molar refractivity (Wildman–Crippen MR) is 73.0 cm³/mol. The van der Waals surface area contributed by atoms with E-state index >= 15 is 0 Å². The normalized spacial score (nSPS) is 18.4. The maximum Gasteiger partial charge on any atom is 0.323 e. The summed E-state index contributed by atoms with van der Waals surface area (Å²) in [5, 5.41) is 4.65. The molecule has 2 N–H and O–H groups in total. The van der Waals surface area contributed by atoms with E-state index in [2.05, 4.69) is 17.2 Å². The van der Waals surface area contributed by atoms with Crippen LogP contribution in [0.1, 0.15) is 19.8 Å². The number of esters is 1. The molecule has 112 valence electrons. The number of ether oxygens (including phenoxy) is 1. The monoisotopic (exact) mass is 283 g/mol. The Labute approximate surface area is 118 Å². The second kappa shape index (κ2) is 8.31. The van der Waals surface area contributed by atoms with Crippen molar-refractivity contribution in [3.8, 4) is 0 Å². The molecule has 0 radical (unpaired) electrons. The molecule has 1 unspecified atom stereocenters. The van der Waals surface area contributed by atoms with Crippen molar-refractivity contribution in [3.63, 3.8) is 0 Å². The maximum atomic E-state index is 11.7. The van der Waals surface area contributed by atoms with Crippen molar-refractivity contribution < 1.29 is 19.1 Å². The SMILES string of the molecule is C=CCNC(=O)NC(=O)CN1CCCC1C(=O)OCC. The topological polar surface area (TPSA) is 87.7 Å². The molecular formula is C13H21N3O4. The van der Waals surface area contributed by atoms with Crippen molar-refractivity contribution in [2.45, 2.75) is 25.8 Å². The first kappa shape index (κ1) is 16.2. The molecule has 1 aliphatic heterocycles. The number of nitrogens with zero attached hydrogens (tertiary/aromatic N) is 1. The Bertz CT molecular complexity index is 384. The fraction of sp³-hybridized carbons (Fsp3) is 0.615. The Hall–Kier alpha value is -1.89. The first-order valence-electron chi connectivity index (χ1n) is 6.67. The summed E-state index contributed by atoms with van der Waals surface area (Å²) in [4.78, 5) is 36.5. The first-order chi connectivity index (χ1) is 9.58. The zero-order chi connectivity index (χ0) is 15.0. The van der Waals surface area contributed by atoms with Crippen molar-refractivity contribution in [3.05, 3.63) is 12.7 Å². The third-order valence-electron chi connectivity index (χ3n) is 2.93. The highest BCUT2D eigenvalue weighted by Crippen LogP contribution is 2.17. The van der Waals surface area contributed by atoms with Crippen LogP contribution in [0, 0.1) is 0 Å². The van der Waals surface area contributed by atoms with Crippen molar-refractivity contribution >= 4 is 17.9 Å². The Morgan fingerprint density at radius 3 is 2.85 bits per heavy atom. The molecule has 1 atom stereocenters. The smallest absolute Gasteiger partial charge is 0.323 e. The molecule has 1 fully saturated rings. The summed E-state index contributed by atoms with van der Waals surface area (Å²) in [5.74, 6) is -0.753. The van der Waals surface area contributed by atoms with Crippen molar-refractivity contribution in [2.75, 3.05) is 26.2 Å². The number of carbonyl (C=O) groups is 3. The molecule has 0 aliphatic carbocycles. The minimum Gasteiger partial charge on any atom is -0.465 e. The summed E-state index contributed by atoms with van der Waals surface area (Å²) in [5.41, 5.74) is 0. The Morgan fingerprint density at radius 2 is 2.20 bits per heavy atom. The van der Waals surface area contributed by atoms with Crippen molar-refractivity contribution in [1.82, 2.24) is 15.5 Å². The van der Waals surface area contributed by atoms with Gasteiger partial charge >= 0.3 is 12.0 Å². The van der Waals surface area contributed by atoms with Crippen LogP contribution in [0.3, 0.4) is 0 Å². The van der Waals surface area contributed by atoms with Crippen molar-refractivity contribution in [2.24, 2.45) is 0 Å². The molecule has 0 spiro atoms. The lowest BCUT2D eigenvalue weighted by Crippen LogP contribution is -2.47. The summed E-state index contributed by atoms with van der Waals surface area (Å²) < 4.78 is 4.97. The van der Waals surface area contributed by atoms with Gasteiger partial charge in [-0.1, -0.05) is 6.08 Å². The number of likely N-dealkylation sites (tertiary alicyclic amines) is 1. The van der Waals surface area contributed by atoms with Crippen LogP contribution in [0.15, 0.2) is 12.7 Å². The van der Waals surface area contributed by atoms with Gasteiger partial charge in [-0.15, -0.1) is 6.58 Å². The van der Waals surface area contributed by atoms with E-state index < -0.39 is 18.0 Å². The Kier molecular flexibility index (Phi) is 6.72. The van der Waals surface area contributed by atoms with Gasteiger partial charge in [-0.05, 0) is 26.3 Å². The Balaban J connectivity index is 2.42. The molecule has 1 saturated heterocycles. The molecule has 0 aromatic heterocycles. The van der Waals surface area contributed by atoms with Gasteiger partial charge in [-0.2, -0.15) is 0 Å². The highest BCUT2D eigenvalue weighted by molar-refractivity contribution is 5.95. The molecule has 0 aromatic rings. The number of hydrogen-bond acceptors (Lipinski definition) is 5. The lowest BCUT2D eigenvalue weighted by molar-refractivity contribution is -0.148. The van der Waals surface area contributed by atoms with Crippen LogP contribution in [-0.4, -0.2) is 55.1 Å². The minimum absolute atomic E-state index is 0.00495. The van der Waals surface area contributed by atoms with Crippen LogP contribution in [0.5, 0.6) is 0 Å². The van der Waals surface area contributed by atoms with Gasteiger partial charge in [-0.3, -0.25) is 19.8 Å². The van der Waals surface area contributed by atoms with E-state index in [0.717, 1.165) is 6.42 Å². The van der Waals surface area contributed by atoms with Gasteiger partial charge in [0, 0.05) is 6.54 Å². The molecule has 1 aliphatic rings. The average Bonchev–Trinajstić information content (AvgIpc) is 2.84. The molecule has 1 rings (SSSR count). The average molecular weight is 283 g/mol. The first-order valence-corrected chi connectivity index (χ1v) is 6.67. The number of carbonyl (C=O) groups excluding carboxylic acids is 3. The quantitative estimate of drug-likeness (QED) is 0.530. The van der Waals surface area contributed by atoms with Gasteiger partial charge in [0.2, 0.25) is 5.91 Å². The zero-order valence-corrected chi connectivity index (χ0v) is 11.7. The molecule has 0 aromatic carbocycles. The van der Waals surface area contributed by atoms with E-state index in [4.69, 9.17) is 4.74 Å². The van der Waals surface area contributed by atoms with Gasteiger partial charge < -0.3 is 10.1 Å². The van der Waals surface area contributed by atoms with Gasteiger partial charge in [0.1, 0.15) is 6.04 Å². The highest BCUT2D eigenvalue weighted by atomic mass is 16.5. The second-order valence-electron chi connectivity index (χ2n) is 4.43. The summed E-state index contributed by atoms with van der Waals surface area (Å²) in [6, 6.07) is -0.960. The van der Waals surface area contributed by atoms with Crippen LogP contribution in [0.25, 0.3) is 0 Å². The maximum absolute atomic E-state index is 11.7. The highest BCUT2D eigenvalue weighted by Gasteiger charge is 2.33. The summed E-state index contributed by atoms with van der Waals surface area (Å²) >= 11 is 0. The summed E-state index contributed by atoms with van der Waals surface area (Å²) in [6.45, 7) is 6.45. The number of rotatable bonds is 6. The molecule has 1 heterocycles. The molecule has 3 amide bonds. The lowest BCUT2D eigenvalue weighted by Gasteiger charge is -2.21. The predicted octanol–water partition coefficient (Wildman–Crippen LogP) is 0.0257. The van der Waals surface area contributed by atoms with Gasteiger partial charge in [0.05, 0.1) is 13.2 Å². The van der Waals surface area contributed by atoms with Gasteiger partial charge in [0.15, 0.2) is 0 Å². The third-order valence-corrected chi connectivity index (χ3v) is 2.93. The van der Waals surface area contributed by atoms with Gasteiger partial charge in [0.25, 0.3) is 0 Å². The molecule has 0 bridgehead atoms. The zero-order valence-electron chi connectivity index (χ0n) is 11.7. The second-order valence-corrected chi connectivity index (χ2v) is 4.43. The molecular weight excluding hydrogens is 262 g/mol. The largest absolute Gasteiger partial charge is 0.465 e. The summed E-state index contributed by atoms with van der Waals surface area (Å²) in [6.07, 6.45) is 3.02. The van der Waals surface area contributed by atoms with E-state index in [1.165, 1.54) is 6.08 Å². The van der Waals surface area contributed by atoms with Gasteiger partial charge in [-0.25, -0.2) is 4.79 Å². The third kappa shape index (κ3) is 5.00. The Morgan fingerprint density at radius 1 is 1.45 bits per heavy atom. The van der Waals surface area contributed by atoms with Crippen LogP contribution in [0.4, 0.5) is 4.79 Å². The van der Waals surface area contributed by atoms with Crippen LogP contribution < -0.4 is 10.6 Å². The van der Waals surface area contributed by atoms with E-state index in [1.54, 1.807) is 11.8 Å². The number of nitrogens with one attached hydrogen (secondary N) is 2. The van der Waals surface area contributed by atoms with E-state index in [0.29, 0.717) is 19.6 Å². The number of imide groups is 1. The van der Waals surface area contributed by atoms with E-state index in [1.807, 2.05) is 0 Å². The molecule has 7 nitrogen and oxygen atoms in total. The minimum atomic E-state index is -0.568. The fourth-order valence-electron chi connectivity index (χ4n) is 2.08. The number of urea groups is 1. The molecule has 7 heteroatoms. The lowest BCUT2D eigenvalue weighted by atomic mass is 10.2. The van der Waals surface area contributed by atoms with Crippen LogP contribution >= 0.6 is 0 Å². The van der Waals surface area contributed by atoms with E-state index in [9.17, 15) is 14.4 Å². The molecule has 0 saturated carbocycles. The summed E-state index contributed by atoms with van der Waals surface area (Å²) in [7, 11) is 0. The number of hydrogen-bond donors (Lipinski definition) is 2. The standard InChI is InChI=1S/C13H21N3O4/c1-3-7-14-13(19)15-11(17)9-16-8-5-6-10(16)12(18)20-4-2/h3,10H,1,4-9H2,2H3,(H2,14,15,17,19). The fourth-order valence-corrected chi connectivity index (χ4v) is 2.08. The molecule has 20 heavy (non-hydrogen) atoms. The number of amides is 3.